The molecule has 0 spiro atoms. The fourth-order valence-corrected chi connectivity index (χ4v) is 4.56. The van der Waals surface area contributed by atoms with Gasteiger partial charge >= 0.3 is 0 Å². The molecule has 1 amide bonds. The summed E-state index contributed by atoms with van der Waals surface area (Å²) in [5.74, 6) is 0.280. The number of hydrogen-bond acceptors (Lipinski definition) is 6. The zero-order valence-corrected chi connectivity index (χ0v) is 18.2. The summed E-state index contributed by atoms with van der Waals surface area (Å²) in [6.07, 6.45) is 4.97. The number of aryl methyl sites for hydroxylation is 1. The average Bonchev–Trinajstić information content (AvgIpc) is 3.36. The molecule has 0 atom stereocenters. The van der Waals surface area contributed by atoms with E-state index >= 15 is 0 Å². The Balaban J connectivity index is 1.96. The first-order chi connectivity index (χ1) is 13.2. The molecular formula is C19H26N4O3S2. The van der Waals surface area contributed by atoms with Crippen LogP contribution in [-0.2, 0) is 16.4 Å². The normalized spacial score (nSPS) is 14.3. The van der Waals surface area contributed by atoms with E-state index in [4.69, 9.17) is 0 Å². The maximum Gasteiger partial charge on any atom is 0.259 e. The summed E-state index contributed by atoms with van der Waals surface area (Å²) in [4.78, 5) is 20.4. The van der Waals surface area contributed by atoms with Gasteiger partial charge in [0.2, 0.25) is 10.0 Å². The van der Waals surface area contributed by atoms with Crippen LogP contribution < -0.4 is 10.2 Å². The number of rotatable bonds is 8. The van der Waals surface area contributed by atoms with Crippen LogP contribution >= 0.6 is 11.3 Å². The van der Waals surface area contributed by atoms with Crippen molar-refractivity contribution in [2.75, 3.05) is 37.9 Å². The van der Waals surface area contributed by atoms with Crippen molar-refractivity contribution in [3.05, 3.63) is 34.8 Å². The van der Waals surface area contributed by atoms with Gasteiger partial charge in [-0.1, -0.05) is 6.92 Å². The SMILES string of the molecule is CCc1cnc(NC(=O)c2cc(S(=O)(=O)N(C)C)ccc2N(C)CC2CC2)s1. The second-order valence-corrected chi connectivity index (χ2v) is 10.5. The van der Waals surface area contributed by atoms with Crippen LogP contribution in [0.4, 0.5) is 10.8 Å². The molecule has 1 saturated carbocycles. The molecule has 1 heterocycles. The lowest BCUT2D eigenvalue weighted by molar-refractivity contribution is 0.102. The Morgan fingerprint density at radius 1 is 1.29 bits per heavy atom. The van der Waals surface area contributed by atoms with Crippen LogP contribution in [-0.4, -0.2) is 51.3 Å². The van der Waals surface area contributed by atoms with Crippen molar-refractivity contribution in [1.82, 2.24) is 9.29 Å². The first-order valence-electron chi connectivity index (χ1n) is 9.26. The number of anilines is 2. The summed E-state index contributed by atoms with van der Waals surface area (Å²) in [7, 11) is 1.25. The van der Waals surface area contributed by atoms with E-state index in [0.717, 1.165) is 27.8 Å². The molecule has 28 heavy (non-hydrogen) atoms. The highest BCUT2D eigenvalue weighted by Gasteiger charge is 2.27. The number of aromatic nitrogens is 1. The summed E-state index contributed by atoms with van der Waals surface area (Å²) in [5, 5.41) is 3.33. The van der Waals surface area contributed by atoms with Crippen LogP contribution in [0.2, 0.25) is 0 Å². The van der Waals surface area contributed by atoms with E-state index in [1.165, 1.54) is 44.3 Å². The molecule has 1 aromatic heterocycles. The minimum Gasteiger partial charge on any atom is -0.374 e. The van der Waals surface area contributed by atoms with Gasteiger partial charge in [-0.15, -0.1) is 11.3 Å². The standard InChI is InChI=1S/C19H26N4O3S2/c1-5-14-11-20-19(27-14)21-18(24)16-10-15(28(25,26)22(2)3)8-9-17(16)23(4)12-13-6-7-13/h8-11,13H,5-7,12H2,1-4H3,(H,20,21,24). The Morgan fingerprint density at radius 2 is 2.00 bits per heavy atom. The predicted molar refractivity (Wildman–Crippen MR) is 113 cm³/mol. The first kappa shape index (κ1) is 20.8. The van der Waals surface area contributed by atoms with Crippen molar-refractivity contribution >= 4 is 38.1 Å². The minimum absolute atomic E-state index is 0.0969. The lowest BCUT2D eigenvalue weighted by Crippen LogP contribution is -2.26. The van der Waals surface area contributed by atoms with E-state index in [2.05, 4.69) is 10.3 Å². The smallest absolute Gasteiger partial charge is 0.259 e. The van der Waals surface area contributed by atoms with E-state index in [1.54, 1.807) is 18.3 Å². The second-order valence-electron chi connectivity index (χ2n) is 7.23. The highest BCUT2D eigenvalue weighted by molar-refractivity contribution is 7.89. The summed E-state index contributed by atoms with van der Waals surface area (Å²) < 4.78 is 26.2. The van der Waals surface area contributed by atoms with E-state index in [-0.39, 0.29) is 10.8 Å². The number of thiazole rings is 1. The van der Waals surface area contributed by atoms with E-state index < -0.39 is 10.0 Å². The summed E-state index contributed by atoms with van der Waals surface area (Å²) in [5.41, 5.74) is 1.05. The number of amides is 1. The molecule has 0 aliphatic heterocycles. The predicted octanol–water partition coefficient (Wildman–Crippen LogP) is 3.05. The van der Waals surface area contributed by atoms with Crippen LogP contribution in [0.3, 0.4) is 0 Å². The Bertz CT molecular complexity index is 965. The van der Waals surface area contributed by atoms with Crippen LogP contribution in [0.5, 0.6) is 0 Å². The van der Waals surface area contributed by atoms with E-state index in [0.29, 0.717) is 16.6 Å². The zero-order valence-electron chi connectivity index (χ0n) is 16.6. The first-order valence-corrected chi connectivity index (χ1v) is 11.5. The maximum atomic E-state index is 13.0. The van der Waals surface area contributed by atoms with Gasteiger partial charge < -0.3 is 4.90 Å². The van der Waals surface area contributed by atoms with Gasteiger partial charge in [-0.3, -0.25) is 10.1 Å². The van der Waals surface area contributed by atoms with Crippen molar-refractivity contribution in [3.8, 4) is 0 Å². The molecule has 1 aliphatic rings. The minimum atomic E-state index is -3.64. The molecule has 0 unspecified atom stereocenters. The fourth-order valence-electron chi connectivity index (χ4n) is 2.88. The monoisotopic (exact) mass is 422 g/mol. The molecular weight excluding hydrogens is 396 g/mol. The van der Waals surface area contributed by atoms with Gasteiger partial charge in [-0.25, -0.2) is 17.7 Å². The molecule has 1 fully saturated rings. The largest absolute Gasteiger partial charge is 0.374 e. The fraction of sp³-hybridized carbons (Fsp3) is 0.474. The molecule has 0 bridgehead atoms. The van der Waals surface area contributed by atoms with Gasteiger partial charge in [0.15, 0.2) is 5.13 Å². The number of hydrogen-bond donors (Lipinski definition) is 1. The Hall–Kier alpha value is -1.97. The number of nitrogens with zero attached hydrogens (tertiary/aromatic N) is 3. The van der Waals surface area contributed by atoms with Crippen LogP contribution in [0.15, 0.2) is 29.3 Å². The quantitative estimate of drug-likeness (QED) is 0.707. The third kappa shape index (κ3) is 4.53. The topological polar surface area (TPSA) is 82.6 Å². The molecule has 1 aliphatic carbocycles. The van der Waals surface area contributed by atoms with Gasteiger partial charge in [0.1, 0.15) is 0 Å². The molecule has 1 aromatic carbocycles. The number of nitrogens with one attached hydrogen (secondary N) is 1. The Labute approximate surface area is 170 Å². The molecule has 152 valence electrons. The number of carbonyl (C=O) groups is 1. The third-order valence-corrected chi connectivity index (χ3v) is 7.62. The van der Waals surface area contributed by atoms with Crippen molar-refractivity contribution in [2.24, 2.45) is 5.92 Å². The molecule has 0 radical (unpaired) electrons. The van der Waals surface area contributed by atoms with Gasteiger partial charge in [-0.2, -0.15) is 0 Å². The van der Waals surface area contributed by atoms with Crippen molar-refractivity contribution < 1.29 is 13.2 Å². The Morgan fingerprint density at radius 3 is 2.57 bits per heavy atom. The molecule has 7 nitrogen and oxygen atoms in total. The summed E-state index contributed by atoms with van der Waals surface area (Å²) in [6, 6.07) is 4.73. The summed E-state index contributed by atoms with van der Waals surface area (Å²) in [6.45, 7) is 2.87. The van der Waals surface area contributed by atoms with Crippen LogP contribution in [0.25, 0.3) is 0 Å². The molecule has 3 rings (SSSR count). The second kappa shape index (κ2) is 8.18. The number of sulfonamides is 1. The van der Waals surface area contributed by atoms with Gasteiger partial charge in [0, 0.05) is 44.4 Å². The molecule has 1 N–H and O–H groups in total. The van der Waals surface area contributed by atoms with Gasteiger partial charge in [0.25, 0.3) is 5.91 Å². The lowest BCUT2D eigenvalue weighted by atomic mass is 10.1. The average molecular weight is 423 g/mol. The highest BCUT2D eigenvalue weighted by atomic mass is 32.2. The maximum absolute atomic E-state index is 13.0. The molecule has 2 aromatic rings. The van der Waals surface area contributed by atoms with E-state index in [9.17, 15) is 13.2 Å². The van der Waals surface area contributed by atoms with E-state index in [1.807, 2.05) is 18.9 Å². The lowest BCUT2D eigenvalue weighted by Gasteiger charge is -2.23. The van der Waals surface area contributed by atoms with Crippen LogP contribution in [0.1, 0.15) is 35.0 Å². The van der Waals surface area contributed by atoms with Gasteiger partial charge in [0.05, 0.1) is 10.5 Å². The molecule has 0 saturated heterocycles. The summed E-state index contributed by atoms with van der Waals surface area (Å²) >= 11 is 1.42. The third-order valence-electron chi connectivity index (χ3n) is 4.75. The van der Waals surface area contributed by atoms with Crippen molar-refractivity contribution in [1.29, 1.82) is 0 Å². The van der Waals surface area contributed by atoms with Crippen molar-refractivity contribution in [3.63, 3.8) is 0 Å². The van der Waals surface area contributed by atoms with Gasteiger partial charge in [-0.05, 0) is 43.4 Å². The zero-order chi connectivity index (χ0) is 20.5. The highest BCUT2D eigenvalue weighted by Crippen LogP contribution is 2.33. The molecule has 9 heteroatoms. The number of carbonyl (C=O) groups excluding carboxylic acids is 1. The van der Waals surface area contributed by atoms with Crippen LogP contribution in [0, 0.1) is 5.92 Å². The van der Waals surface area contributed by atoms with Crippen molar-refractivity contribution in [2.45, 2.75) is 31.1 Å². The number of benzene rings is 1. The Kier molecular flexibility index (Phi) is 6.07.